The summed E-state index contributed by atoms with van der Waals surface area (Å²) in [5.74, 6) is -0.423. The number of amides is 2. The summed E-state index contributed by atoms with van der Waals surface area (Å²) < 4.78 is 5.00. The average molecular weight is 255 g/mol. The van der Waals surface area contributed by atoms with Crippen LogP contribution in [0.2, 0.25) is 5.02 Å². The van der Waals surface area contributed by atoms with E-state index < -0.39 is 18.1 Å². The zero-order valence-corrected chi connectivity index (χ0v) is 9.68. The Balaban J connectivity index is 2.28. The predicted octanol–water partition coefficient (Wildman–Crippen LogP) is 1.32. The first-order chi connectivity index (χ1) is 8.15. The zero-order valence-electron chi connectivity index (χ0n) is 8.93. The minimum atomic E-state index is -0.956. The summed E-state index contributed by atoms with van der Waals surface area (Å²) in [4.78, 5) is 24.4. The quantitative estimate of drug-likeness (QED) is 0.883. The van der Waals surface area contributed by atoms with Crippen LogP contribution in [0.1, 0.15) is 11.7 Å². The number of benzene rings is 1. The summed E-state index contributed by atoms with van der Waals surface area (Å²) in [6.07, 6.45) is -1.63. The number of nitrogens with two attached hydrogens (primary N) is 1. The lowest BCUT2D eigenvalue weighted by molar-refractivity contribution is -0.129. The van der Waals surface area contributed by atoms with Crippen molar-refractivity contribution in [2.75, 3.05) is 13.1 Å². The molecule has 1 heterocycles. The molecule has 1 aromatic rings. The lowest BCUT2D eigenvalue weighted by Gasteiger charge is -2.10. The van der Waals surface area contributed by atoms with Gasteiger partial charge in [-0.05, 0) is 6.07 Å². The topological polar surface area (TPSA) is 72.6 Å². The van der Waals surface area contributed by atoms with Crippen molar-refractivity contribution < 1.29 is 14.3 Å². The van der Waals surface area contributed by atoms with Crippen LogP contribution in [-0.2, 0) is 9.53 Å². The van der Waals surface area contributed by atoms with E-state index in [0.717, 1.165) is 4.90 Å². The monoisotopic (exact) mass is 254 g/mol. The lowest BCUT2D eigenvalue weighted by Crippen LogP contribution is -2.34. The van der Waals surface area contributed by atoms with Crippen LogP contribution in [0.3, 0.4) is 0 Å². The van der Waals surface area contributed by atoms with Gasteiger partial charge in [-0.3, -0.25) is 4.79 Å². The molecule has 1 aliphatic heterocycles. The van der Waals surface area contributed by atoms with Crippen molar-refractivity contribution in [1.82, 2.24) is 4.90 Å². The number of carbonyl (C=O) groups is 2. The number of ether oxygens (including phenoxy) is 1. The third-order valence-electron chi connectivity index (χ3n) is 2.47. The highest BCUT2D eigenvalue weighted by atomic mass is 35.5. The third kappa shape index (κ3) is 2.11. The van der Waals surface area contributed by atoms with Gasteiger partial charge in [0.1, 0.15) is 0 Å². The number of rotatable bonds is 3. The number of nitrogens with zero attached hydrogens (tertiary/aromatic N) is 1. The van der Waals surface area contributed by atoms with E-state index in [4.69, 9.17) is 22.1 Å². The maximum Gasteiger partial charge on any atom is 0.417 e. The average Bonchev–Trinajstić information content (AvgIpc) is 2.58. The molecule has 0 spiro atoms. The molecule has 90 valence electrons. The van der Waals surface area contributed by atoms with E-state index in [2.05, 4.69) is 0 Å². The second kappa shape index (κ2) is 4.73. The molecule has 5 nitrogen and oxygen atoms in total. The molecule has 0 radical (unpaired) electrons. The first-order valence-electron chi connectivity index (χ1n) is 5.11. The molecule has 2 amide bonds. The molecule has 2 N–H and O–H groups in total. The predicted molar refractivity (Wildman–Crippen MR) is 61.4 cm³/mol. The van der Waals surface area contributed by atoms with Gasteiger partial charge >= 0.3 is 6.09 Å². The van der Waals surface area contributed by atoms with Gasteiger partial charge in [-0.1, -0.05) is 29.8 Å². The van der Waals surface area contributed by atoms with E-state index in [1.165, 1.54) is 0 Å². The maximum atomic E-state index is 11.9. The Kier molecular flexibility index (Phi) is 3.31. The van der Waals surface area contributed by atoms with Gasteiger partial charge in [-0.15, -0.1) is 0 Å². The highest BCUT2D eigenvalue weighted by molar-refractivity contribution is 6.31. The molecule has 0 aromatic heterocycles. The van der Waals surface area contributed by atoms with Crippen LogP contribution in [0.15, 0.2) is 24.3 Å². The van der Waals surface area contributed by atoms with E-state index in [0.29, 0.717) is 10.6 Å². The summed E-state index contributed by atoms with van der Waals surface area (Å²) in [7, 11) is 0. The van der Waals surface area contributed by atoms with Crippen LogP contribution < -0.4 is 5.73 Å². The summed E-state index contributed by atoms with van der Waals surface area (Å²) in [5, 5.41) is 0.397. The van der Waals surface area contributed by atoms with Crippen molar-refractivity contribution in [3.05, 3.63) is 34.9 Å². The van der Waals surface area contributed by atoms with Gasteiger partial charge in [-0.25, -0.2) is 9.69 Å². The number of halogens is 1. The second-order valence-electron chi connectivity index (χ2n) is 3.56. The minimum Gasteiger partial charge on any atom is -0.431 e. The molecule has 17 heavy (non-hydrogen) atoms. The van der Waals surface area contributed by atoms with Gasteiger partial charge in [0.2, 0.25) is 6.10 Å². The molecule has 6 heteroatoms. The molecule has 0 aliphatic carbocycles. The minimum absolute atomic E-state index is 0.151. The van der Waals surface area contributed by atoms with E-state index in [1.54, 1.807) is 24.3 Å². The van der Waals surface area contributed by atoms with Crippen LogP contribution in [0.5, 0.6) is 0 Å². The first-order valence-corrected chi connectivity index (χ1v) is 5.49. The Morgan fingerprint density at radius 1 is 1.35 bits per heavy atom. The molecule has 2 rings (SSSR count). The molecule has 0 bridgehead atoms. The van der Waals surface area contributed by atoms with Crippen molar-refractivity contribution >= 4 is 23.6 Å². The number of cyclic esters (lactones) is 1. The Bertz CT molecular complexity index is 464. The highest BCUT2D eigenvalue weighted by Gasteiger charge is 2.41. The highest BCUT2D eigenvalue weighted by Crippen LogP contribution is 2.31. The van der Waals surface area contributed by atoms with Crippen LogP contribution in [-0.4, -0.2) is 30.0 Å². The fourth-order valence-corrected chi connectivity index (χ4v) is 1.90. The van der Waals surface area contributed by atoms with Gasteiger partial charge in [0.05, 0.1) is 0 Å². The standard InChI is InChI=1S/C11H11ClN2O3/c12-8-4-2-1-3-7(8)9-10(15)14(6-5-13)11(16)17-9/h1-4,9H,5-6,13H2/t9-/m1/s1. The smallest absolute Gasteiger partial charge is 0.417 e. The van der Waals surface area contributed by atoms with Gasteiger partial charge in [0.25, 0.3) is 5.91 Å². The molecule has 0 unspecified atom stereocenters. The van der Waals surface area contributed by atoms with Crippen molar-refractivity contribution in [2.45, 2.75) is 6.10 Å². The van der Waals surface area contributed by atoms with Crippen molar-refractivity contribution in [1.29, 1.82) is 0 Å². The summed E-state index contributed by atoms with van der Waals surface area (Å²) in [6.45, 7) is 0.356. The van der Waals surface area contributed by atoms with Crippen molar-refractivity contribution in [2.24, 2.45) is 5.73 Å². The molecule has 1 saturated heterocycles. The first kappa shape index (κ1) is 11.9. The van der Waals surface area contributed by atoms with Crippen molar-refractivity contribution in [3.8, 4) is 0 Å². The van der Waals surface area contributed by atoms with Crippen LogP contribution in [0.25, 0.3) is 0 Å². The van der Waals surface area contributed by atoms with E-state index in [9.17, 15) is 9.59 Å². The van der Waals surface area contributed by atoms with Gasteiger partial charge in [0, 0.05) is 23.7 Å². The number of carbonyl (C=O) groups excluding carboxylic acids is 2. The van der Waals surface area contributed by atoms with Crippen molar-refractivity contribution in [3.63, 3.8) is 0 Å². The van der Waals surface area contributed by atoms with E-state index >= 15 is 0 Å². The number of imide groups is 1. The van der Waals surface area contributed by atoms with Crippen LogP contribution in [0, 0.1) is 0 Å². The molecule has 1 aromatic carbocycles. The van der Waals surface area contributed by atoms with Gasteiger partial charge in [0.15, 0.2) is 0 Å². The summed E-state index contributed by atoms with van der Waals surface area (Å²) in [5.41, 5.74) is 5.81. The van der Waals surface area contributed by atoms with Gasteiger partial charge in [-0.2, -0.15) is 0 Å². The Hall–Kier alpha value is -1.59. The number of hydrogen-bond acceptors (Lipinski definition) is 4. The fourth-order valence-electron chi connectivity index (χ4n) is 1.66. The second-order valence-corrected chi connectivity index (χ2v) is 3.97. The third-order valence-corrected chi connectivity index (χ3v) is 2.81. The summed E-state index contributed by atoms with van der Waals surface area (Å²) in [6, 6.07) is 6.77. The molecule has 1 atom stereocenters. The van der Waals surface area contributed by atoms with Gasteiger partial charge < -0.3 is 10.5 Å². The fraction of sp³-hybridized carbons (Fsp3) is 0.273. The van der Waals surface area contributed by atoms with Crippen LogP contribution in [0.4, 0.5) is 4.79 Å². The largest absolute Gasteiger partial charge is 0.431 e. The zero-order chi connectivity index (χ0) is 12.4. The number of hydrogen-bond donors (Lipinski definition) is 1. The SMILES string of the molecule is NCCN1C(=O)O[C@H](c2ccccc2Cl)C1=O. The molecule has 1 aliphatic rings. The normalized spacial score (nSPS) is 19.6. The maximum absolute atomic E-state index is 11.9. The molecule has 1 fully saturated rings. The molecule has 0 saturated carbocycles. The Labute approximate surface area is 103 Å². The van der Waals surface area contributed by atoms with Crippen LogP contribution >= 0.6 is 11.6 Å². The molecular formula is C11H11ClN2O3. The van der Waals surface area contributed by atoms with E-state index in [1.807, 2.05) is 0 Å². The lowest BCUT2D eigenvalue weighted by atomic mass is 10.1. The van der Waals surface area contributed by atoms with E-state index in [-0.39, 0.29) is 13.1 Å². The summed E-state index contributed by atoms with van der Waals surface area (Å²) >= 11 is 5.96. The molecular weight excluding hydrogens is 244 g/mol. The Morgan fingerprint density at radius 2 is 2.06 bits per heavy atom. The Morgan fingerprint density at radius 3 is 2.71 bits per heavy atom.